The van der Waals surface area contributed by atoms with Gasteiger partial charge < -0.3 is 14.5 Å². The standard InChI is InChI=1S/C20H32N2O4S/c1-15(2)12-17-14-21(10-11-22(17)19(23)26-20(3,4)5)16-8-7-9-18(13-16)27(6,24)25/h7-9,13,15,17H,10-12,14H2,1-6H3/t17-/m0/s1. The molecule has 1 heterocycles. The number of anilines is 1. The Morgan fingerprint density at radius 1 is 1.26 bits per heavy atom. The lowest BCUT2D eigenvalue weighted by molar-refractivity contribution is 0.0120. The Bertz CT molecular complexity index is 768. The number of hydrogen-bond donors (Lipinski definition) is 0. The lowest BCUT2D eigenvalue weighted by atomic mass is 10.00. The van der Waals surface area contributed by atoms with Crippen molar-refractivity contribution < 1.29 is 17.9 Å². The Hall–Kier alpha value is -1.76. The highest BCUT2D eigenvalue weighted by molar-refractivity contribution is 7.90. The molecule has 1 amide bonds. The summed E-state index contributed by atoms with van der Waals surface area (Å²) in [6.07, 6.45) is 1.80. The SMILES string of the molecule is CC(C)C[C@H]1CN(c2cccc(S(C)(=O)=O)c2)CCN1C(=O)OC(C)(C)C. The molecule has 0 N–H and O–H groups in total. The minimum atomic E-state index is -3.25. The van der Waals surface area contributed by atoms with Gasteiger partial charge in [-0.3, -0.25) is 0 Å². The Morgan fingerprint density at radius 3 is 2.48 bits per heavy atom. The number of piperazine rings is 1. The van der Waals surface area contributed by atoms with Gasteiger partial charge in [-0.2, -0.15) is 0 Å². The molecule has 0 spiro atoms. The lowest BCUT2D eigenvalue weighted by Crippen LogP contribution is -2.56. The molecule has 1 aromatic carbocycles. The zero-order valence-corrected chi connectivity index (χ0v) is 18.0. The molecule has 0 unspecified atom stereocenters. The Kier molecular flexibility index (Phi) is 6.45. The predicted molar refractivity (Wildman–Crippen MR) is 108 cm³/mol. The van der Waals surface area contributed by atoms with Crippen LogP contribution >= 0.6 is 0 Å². The van der Waals surface area contributed by atoms with Gasteiger partial charge in [0.1, 0.15) is 5.60 Å². The molecule has 1 fully saturated rings. The molecule has 1 saturated heterocycles. The maximum atomic E-state index is 12.6. The van der Waals surface area contributed by atoms with E-state index in [9.17, 15) is 13.2 Å². The highest BCUT2D eigenvalue weighted by atomic mass is 32.2. The number of amides is 1. The second kappa shape index (κ2) is 8.09. The number of ether oxygens (including phenoxy) is 1. The molecule has 1 atom stereocenters. The lowest BCUT2D eigenvalue weighted by Gasteiger charge is -2.43. The van der Waals surface area contributed by atoms with E-state index in [4.69, 9.17) is 4.74 Å². The number of sulfone groups is 1. The van der Waals surface area contributed by atoms with Gasteiger partial charge in [0, 0.05) is 31.6 Å². The molecular formula is C20H32N2O4S. The van der Waals surface area contributed by atoms with Gasteiger partial charge in [0.05, 0.1) is 10.9 Å². The second-order valence-electron chi connectivity index (χ2n) is 8.67. The van der Waals surface area contributed by atoms with Crippen molar-refractivity contribution in [2.75, 3.05) is 30.8 Å². The summed E-state index contributed by atoms with van der Waals surface area (Å²) in [5.74, 6) is 0.433. The first-order chi connectivity index (χ1) is 12.4. The van der Waals surface area contributed by atoms with E-state index in [2.05, 4.69) is 18.7 Å². The molecule has 7 heteroatoms. The van der Waals surface area contributed by atoms with Crippen molar-refractivity contribution in [1.29, 1.82) is 0 Å². The van der Waals surface area contributed by atoms with Crippen molar-refractivity contribution in [3.05, 3.63) is 24.3 Å². The van der Waals surface area contributed by atoms with E-state index in [1.54, 1.807) is 18.2 Å². The smallest absolute Gasteiger partial charge is 0.410 e. The minimum Gasteiger partial charge on any atom is -0.444 e. The van der Waals surface area contributed by atoms with E-state index < -0.39 is 15.4 Å². The summed E-state index contributed by atoms with van der Waals surface area (Å²) < 4.78 is 29.3. The third-order valence-corrected chi connectivity index (χ3v) is 5.58. The number of benzene rings is 1. The fourth-order valence-corrected chi connectivity index (χ4v) is 3.97. The van der Waals surface area contributed by atoms with Gasteiger partial charge in [0.2, 0.25) is 0 Å². The van der Waals surface area contributed by atoms with E-state index in [1.165, 1.54) is 6.26 Å². The summed E-state index contributed by atoms with van der Waals surface area (Å²) in [6.45, 7) is 11.7. The minimum absolute atomic E-state index is 0.0236. The highest BCUT2D eigenvalue weighted by Crippen LogP contribution is 2.26. The fourth-order valence-electron chi connectivity index (χ4n) is 3.31. The molecule has 6 nitrogen and oxygen atoms in total. The monoisotopic (exact) mass is 396 g/mol. The summed E-state index contributed by atoms with van der Waals surface area (Å²) in [5.41, 5.74) is 0.343. The van der Waals surface area contributed by atoms with Gasteiger partial charge >= 0.3 is 6.09 Å². The Morgan fingerprint density at radius 2 is 1.93 bits per heavy atom. The van der Waals surface area contributed by atoms with Crippen molar-refractivity contribution in [3.63, 3.8) is 0 Å². The van der Waals surface area contributed by atoms with Gasteiger partial charge in [0.25, 0.3) is 0 Å². The van der Waals surface area contributed by atoms with E-state index in [-0.39, 0.29) is 12.1 Å². The first-order valence-corrected chi connectivity index (χ1v) is 11.3. The molecular weight excluding hydrogens is 364 g/mol. The molecule has 1 aromatic rings. The molecule has 0 radical (unpaired) electrons. The van der Waals surface area contributed by atoms with E-state index in [0.717, 1.165) is 12.1 Å². The average molecular weight is 397 g/mol. The van der Waals surface area contributed by atoms with Crippen LogP contribution in [0.3, 0.4) is 0 Å². The van der Waals surface area contributed by atoms with Crippen LogP contribution in [0, 0.1) is 5.92 Å². The largest absolute Gasteiger partial charge is 0.444 e. The molecule has 2 rings (SSSR count). The van der Waals surface area contributed by atoms with Crippen LogP contribution in [0.1, 0.15) is 41.0 Å². The van der Waals surface area contributed by atoms with E-state index >= 15 is 0 Å². The third-order valence-electron chi connectivity index (χ3n) is 4.47. The zero-order chi connectivity index (χ0) is 20.4. The number of rotatable bonds is 4. The van der Waals surface area contributed by atoms with Crippen LogP contribution in [0.2, 0.25) is 0 Å². The molecule has 1 aliphatic rings. The maximum absolute atomic E-state index is 12.6. The Labute approximate surface area is 163 Å². The van der Waals surface area contributed by atoms with Crippen LogP contribution in [0.4, 0.5) is 10.5 Å². The quantitative estimate of drug-likeness (QED) is 0.778. The number of carbonyl (C=O) groups excluding carboxylic acids is 1. The summed E-state index contributed by atoms with van der Waals surface area (Å²) in [5, 5.41) is 0. The topological polar surface area (TPSA) is 66.9 Å². The van der Waals surface area contributed by atoms with Gasteiger partial charge in [-0.15, -0.1) is 0 Å². The van der Waals surface area contributed by atoms with Gasteiger partial charge in [-0.25, -0.2) is 13.2 Å². The molecule has 0 aliphatic carbocycles. The summed E-state index contributed by atoms with van der Waals surface area (Å²) in [7, 11) is -3.25. The van der Waals surface area contributed by atoms with Crippen molar-refractivity contribution in [2.24, 2.45) is 5.92 Å². The van der Waals surface area contributed by atoms with Crippen molar-refractivity contribution >= 4 is 21.6 Å². The third kappa shape index (κ3) is 6.13. The van der Waals surface area contributed by atoms with Crippen LogP contribution in [-0.2, 0) is 14.6 Å². The molecule has 1 aliphatic heterocycles. The number of nitrogens with zero attached hydrogens (tertiary/aromatic N) is 2. The van der Waals surface area contributed by atoms with Crippen LogP contribution in [0.25, 0.3) is 0 Å². The van der Waals surface area contributed by atoms with Crippen LogP contribution in [0.5, 0.6) is 0 Å². The van der Waals surface area contributed by atoms with Crippen molar-refractivity contribution in [3.8, 4) is 0 Å². The van der Waals surface area contributed by atoms with Crippen LogP contribution in [0.15, 0.2) is 29.2 Å². The predicted octanol–water partition coefficient (Wildman–Crippen LogP) is 3.56. The van der Waals surface area contributed by atoms with Gasteiger partial charge in [-0.05, 0) is 51.3 Å². The second-order valence-corrected chi connectivity index (χ2v) is 10.7. The maximum Gasteiger partial charge on any atom is 0.410 e. The van der Waals surface area contributed by atoms with Gasteiger partial charge in [-0.1, -0.05) is 19.9 Å². The summed E-state index contributed by atoms with van der Waals surface area (Å²) in [4.78, 5) is 16.9. The van der Waals surface area contributed by atoms with Crippen LogP contribution < -0.4 is 4.90 Å². The Balaban J connectivity index is 2.22. The first kappa shape index (κ1) is 21.5. The van der Waals surface area contributed by atoms with Crippen molar-refractivity contribution in [1.82, 2.24) is 4.90 Å². The fraction of sp³-hybridized carbons (Fsp3) is 0.650. The summed E-state index contributed by atoms with van der Waals surface area (Å²) >= 11 is 0. The average Bonchev–Trinajstić information content (AvgIpc) is 2.52. The molecule has 0 bridgehead atoms. The van der Waals surface area contributed by atoms with E-state index in [0.29, 0.717) is 30.4 Å². The number of carbonyl (C=O) groups is 1. The normalized spacial score (nSPS) is 18.7. The molecule has 0 saturated carbocycles. The van der Waals surface area contributed by atoms with E-state index in [1.807, 2.05) is 31.7 Å². The summed E-state index contributed by atoms with van der Waals surface area (Å²) in [6, 6.07) is 7.04. The molecule has 0 aromatic heterocycles. The molecule has 27 heavy (non-hydrogen) atoms. The van der Waals surface area contributed by atoms with Crippen LogP contribution in [-0.4, -0.2) is 56.9 Å². The van der Waals surface area contributed by atoms with Gasteiger partial charge in [0.15, 0.2) is 9.84 Å². The molecule has 152 valence electrons. The highest BCUT2D eigenvalue weighted by Gasteiger charge is 2.33. The first-order valence-electron chi connectivity index (χ1n) is 9.41. The zero-order valence-electron chi connectivity index (χ0n) is 17.2. The van der Waals surface area contributed by atoms with Crippen molar-refractivity contribution in [2.45, 2.75) is 57.6 Å². The number of hydrogen-bond acceptors (Lipinski definition) is 5.